The number of aliphatic hydroxyl groups excluding tert-OH is 1. The first-order chi connectivity index (χ1) is 7.04. The summed E-state index contributed by atoms with van der Waals surface area (Å²) in [7, 11) is 0. The first-order valence-corrected chi connectivity index (χ1v) is 5.00. The van der Waals surface area contributed by atoms with Gasteiger partial charge < -0.3 is 10.2 Å². The van der Waals surface area contributed by atoms with Crippen LogP contribution in [0.1, 0.15) is 25.5 Å². The summed E-state index contributed by atoms with van der Waals surface area (Å²) in [5.41, 5.74) is 0.651. The minimum absolute atomic E-state index is 0.0993. The van der Waals surface area contributed by atoms with Crippen molar-refractivity contribution in [3.63, 3.8) is 0 Å². The van der Waals surface area contributed by atoms with Crippen molar-refractivity contribution in [2.24, 2.45) is 11.8 Å². The fraction of sp³-hybridized carbons (Fsp3) is 0.417. The Labute approximate surface area is 89.4 Å². The second kappa shape index (κ2) is 4.94. The monoisotopic (exact) mass is 208 g/mol. The van der Waals surface area contributed by atoms with Gasteiger partial charge in [0.1, 0.15) is 0 Å². The highest BCUT2D eigenvalue weighted by atomic mass is 16.4. The van der Waals surface area contributed by atoms with Crippen LogP contribution in [-0.4, -0.2) is 16.2 Å². The quantitative estimate of drug-likeness (QED) is 0.796. The molecule has 2 atom stereocenters. The molecule has 1 aromatic rings. The smallest absolute Gasteiger partial charge is 0.309 e. The van der Waals surface area contributed by atoms with Gasteiger partial charge in [0.25, 0.3) is 0 Å². The summed E-state index contributed by atoms with van der Waals surface area (Å²) in [5.74, 6) is -1.81. The SMILES string of the molecule is CC(C)[C@@H](C(=O)O)[C@H](O)c1ccccc1. The minimum Gasteiger partial charge on any atom is -0.481 e. The number of benzene rings is 1. The maximum atomic E-state index is 11.0. The zero-order valence-electron chi connectivity index (χ0n) is 8.92. The Balaban J connectivity index is 2.91. The van der Waals surface area contributed by atoms with E-state index in [4.69, 9.17) is 5.11 Å². The van der Waals surface area contributed by atoms with Crippen LogP contribution in [0.15, 0.2) is 30.3 Å². The van der Waals surface area contributed by atoms with Crippen LogP contribution >= 0.6 is 0 Å². The van der Waals surface area contributed by atoms with E-state index >= 15 is 0 Å². The van der Waals surface area contributed by atoms with Crippen LogP contribution in [0.5, 0.6) is 0 Å². The zero-order valence-corrected chi connectivity index (χ0v) is 8.92. The van der Waals surface area contributed by atoms with E-state index < -0.39 is 18.0 Å². The molecule has 3 nitrogen and oxygen atoms in total. The third kappa shape index (κ3) is 2.80. The number of aliphatic hydroxyl groups is 1. The van der Waals surface area contributed by atoms with Gasteiger partial charge in [0.15, 0.2) is 0 Å². The van der Waals surface area contributed by atoms with Crippen LogP contribution in [0.25, 0.3) is 0 Å². The molecule has 0 aromatic heterocycles. The van der Waals surface area contributed by atoms with Gasteiger partial charge >= 0.3 is 5.97 Å². The molecule has 1 aromatic carbocycles. The van der Waals surface area contributed by atoms with Gasteiger partial charge in [-0.15, -0.1) is 0 Å². The lowest BCUT2D eigenvalue weighted by Crippen LogP contribution is -2.26. The number of carbonyl (C=O) groups is 1. The van der Waals surface area contributed by atoms with Crippen LogP contribution in [-0.2, 0) is 4.79 Å². The van der Waals surface area contributed by atoms with Gasteiger partial charge in [0, 0.05) is 0 Å². The molecule has 1 rings (SSSR count). The van der Waals surface area contributed by atoms with Gasteiger partial charge in [-0.25, -0.2) is 0 Å². The fourth-order valence-electron chi connectivity index (χ4n) is 1.64. The van der Waals surface area contributed by atoms with Crippen LogP contribution in [0, 0.1) is 11.8 Å². The van der Waals surface area contributed by atoms with Crippen molar-refractivity contribution in [1.29, 1.82) is 0 Å². The minimum atomic E-state index is -0.957. The van der Waals surface area contributed by atoms with Crippen molar-refractivity contribution in [3.05, 3.63) is 35.9 Å². The average Bonchev–Trinajstić information content (AvgIpc) is 2.18. The molecule has 0 aliphatic rings. The molecule has 0 aliphatic carbocycles. The van der Waals surface area contributed by atoms with Gasteiger partial charge in [0.2, 0.25) is 0 Å². The van der Waals surface area contributed by atoms with E-state index in [0.717, 1.165) is 0 Å². The van der Waals surface area contributed by atoms with Crippen molar-refractivity contribution in [2.75, 3.05) is 0 Å². The highest BCUT2D eigenvalue weighted by molar-refractivity contribution is 5.71. The number of carboxylic acid groups (broad SMARTS) is 1. The Bertz CT molecular complexity index is 319. The van der Waals surface area contributed by atoms with E-state index in [0.29, 0.717) is 5.56 Å². The van der Waals surface area contributed by atoms with Crippen molar-refractivity contribution in [2.45, 2.75) is 20.0 Å². The maximum Gasteiger partial charge on any atom is 0.309 e. The number of rotatable bonds is 4. The predicted molar refractivity (Wildman–Crippen MR) is 57.4 cm³/mol. The van der Waals surface area contributed by atoms with Crippen LogP contribution in [0.2, 0.25) is 0 Å². The molecule has 0 spiro atoms. The standard InChI is InChI=1S/C12H16O3/c1-8(2)10(12(14)15)11(13)9-6-4-3-5-7-9/h3-8,10-11,13H,1-2H3,(H,14,15)/t10-,11-/m1/s1. The normalized spacial score (nSPS) is 14.9. The Morgan fingerprint density at radius 1 is 1.20 bits per heavy atom. The summed E-state index contributed by atoms with van der Waals surface area (Å²) in [6, 6.07) is 8.89. The Hall–Kier alpha value is -1.35. The molecule has 0 saturated heterocycles. The highest BCUT2D eigenvalue weighted by Crippen LogP contribution is 2.27. The Morgan fingerprint density at radius 3 is 2.13 bits per heavy atom. The molecule has 0 aliphatic heterocycles. The van der Waals surface area contributed by atoms with Crippen LogP contribution in [0.4, 0.5) is 0 Å². The number of aliphatic carboxylic acids is 1. The molecule has 2 N–H and O–H groups in total. The molecule has 0 radical (unpaired) electrons. The molecule has 0 unspecified atom stereocenters. The summed E-state index contributed by atoms with van der Waals surface area (Å²) in [6.45, 7) is 3.59. The molecule has 3 heteroatoms. The molecule has 0 bridgehead atoms. The summed E-state index contributed by atoms with van der Waals surface area (Å²) in [4.78, 5) is 11.0. The molecule has 15 heavy (non-hydrogen) atoms. The van der Waals surface area contributed by atoms with Crippen molar-refractivity contribution in [1.82, 2.24) is 0 Å². The number of carboxylic acids is 1. The molecule has 0 fully saturated rings. The van der Waals surface area contributed by atoms with Crippen molar-refractivity contribution in [3.8, 4) is 0 Å². The third-order valence-electron chi connectivity index (χ3n) is 2.48. The van der Waals surface area contributed by atoms with Crippen molar-refractivity contribution >= 4 is 5.97 Å². The average molecular weight is 208 g/mol. The second-order valence-corrected chi connectivity index (χ2v) is 3.96. The molecule has 82 valence electrons. The summed E-state index contributed by atoms with van der Waals surface area (Å²) in [5, 5.41) is 19.0. The largest absolute Gasteiger partial charge is 0.481 e. The van der Waals surface area contributed by atoms with Gasteiger partial charge in [-0.2, -0.15) is 0 Å². The Kier molecular flexibility index (Phi) is 3.86. The molecule has 0 amide bonds. The lowest BCUT2D eigenvalue weighted by Gasteiger charge is -2.22. The third-order valence-corrected chi connectivity index (χ3v) is 2.48. The van der Waals surface area contributed by atoms with Gasteiger partial charge in [-0.1, -0.05) is 44.2 Å². The van der Waals surface area contributed by atoms with Gasteiger partial charge in [-0.05, 0) is 11.5 Å². The zero-order chi connectivity index (χ0) is 11.4. The van der Waals surface area contributed by atoms with E-state index in [1.165, 1.54) is 0 Å². The van der Waals surface area contributed by atoms with Crippen LogP contribution in [0.3, 0.4) is 0 Å². The van der Waals surface area contributed by atoms with Gasteiger partial charge in [-0.3, -0.25) is 4.79 Å². The molecular formula is C12H16O3. The molecule has 0 saturated carbocycles. The predicted octanol–water partition coefficient (Wildman–Crippen LogP) is 2.08. The highest BCUT2D eigenvalue weighted by Gasteiger charge is 2.30. The fourth-order valence-corrected chi connectivity index (χ4v) is 1.64. The lowest BCUT2D eigenvalue weighted by molar-refractivity contribution is -0.148. The first kappa shape index (κ1) is 11.7. The maximum absolute atomic E-state index is 11.0. The van der Waals surface area contributed by atoms with E-state index in [2.05, 4.69) is 0 Å². The number of hydrogen-bond acceptors (Lipinski definition) is 2. The number of hydrogen-bond donors (Lipinski definition) is 2. The molecular weight excluding hydrogens is 192 g/mol. The molecule has 0 heterocycles. The van der Waals surface area contributed by atoms with E-state index in [-0.39, 0.29) is 5.92 Å². The van der Waals surface area contributed by atoms with Gasteiger partial charge in [0.05, 0.1) is 12.0 Å². The first-order valence-electron chi connectivity index (χ1n) is 5.00. The lowest BCUT2D eigenvalue weighted by atomic mass is 9.87. The van der Waals surface area contributed by atoms with Crippen LogP contribution < -0.4 is 0 Å². The summed E-state index contributed by atoms with van der Waals surface area (Å²) < 4.78 is 0. The second-order valence-electron chi connectivity index (χ2n) is 3.96. The summed E-state index contributed by atoms with van der Waals surface area (Å²) in [6.07, 6.45) is -0.941. The van der Waals surface area contributed by atoms with Crippen molar-refractivity contribution < 1.29 is 15.0 Å². The topological polar surface area (TPSA) is 57.5 Å². The van der Waals surface area contributed by atoms with E-state index in [1.807, 2.05) is 6.07 Å². The van der Waals surface area contributed by atoms with E-state index in [9.17, 15) is 9.90 Å². The van der Waals surface area contributed by atoms with E-state index in [1.54, 1.807) is 38.1 Å². The Morgan fingerprint density at radius 2 is 1.73 bits per heavy atom. The summed E-state index contributed by atoms with van der Waals surface area (Å²) >= 11 is 0.